The van der Waals surface area contributed by atoms with Gasteiger partial charge in [-0.1, -0.05) is 0 Å². The third-order valence-corrected chi connectivity index (χ3v) is 6.90. The second kappa shape index (κ2) is 6.21. The number of sulfonamides is 1. The van der Waals surface area contributed by atoms with Crippen molar-refractivity contribution in [3.63, 3.8) is 0 Å². The zero-order valence-electron chi connectivity index (χ0n) is 10.5. The summed E-state index contributed by atoms with van der Waals surface area (Å²) < 4.78 is 31.6. The summed E-state index contributed by atoms with van der Waals surface area (Å²) in [4.78, 5) is 11.5. The van der Waals surface area contributed by atoms with Gasteiger partial charge < -0.3 is 9.52 Å². The molecule has 0 saturated carbocycles. The maximum atomic E-state index is 12.4. The SMILES string of the molecule is CN(Cc1cc(Br)cs1)S(=O)(=O)c1cc(C(=O)O)oc1Br. The van der Waals surface area contributed by atoms with Crippen molar-refractivity contribution in [3.8, 4) is 0 Å². The van der Waals surface area contributed by atoms with Crippen molar-refractivity contribution in [1.82, 2.24) is 4.31 Å². The smallest absolute Gasteiger partial charge is 0.371 e. The van der Waals surface area contributed by atoms with Crippen LogP contribution < -0.4 is 0 Å². The van der Waals surface area contributed by atoms with E-state index in [9.17, 15) is 13.2 Å². The summed E-state index contributed by atoms with van der Waals surface area (Å²) in [7, 11) is -2.43. The molecule has 21 heavy (non-hydrogen) atoms. The molecular weight excluding hydrogens is 450 g/mol. The van der Waals surface area contributed by atoms with Gasteiger partial charge in [0.2, 0.25) is 15.8 Å². The van der Waals surface area contributed by atoms with Crippen LogP contribution in [-0.2, 0) is 16.6 Å². The molecule has 0 bridgehead atoms. The third kappa shape index (κ3) is 3.57. The second-order valence-electron chi connectivity index (χ2n) is 4.05. The topological polar surface area (TPSA) is 87.8 Å². The van der Waals surface area contributed by atoms with Gasteiger partial charge in [-0.25, -0.2) is 13.2 Å². The molecule has 2 rings (SSSR count). The Labute approximate surface area is 141 Å². The van der Waals surface area contributed by atoms with E-state index in [0.717, 1.165) is 19.7 Å². The number of aromatic carboxylic acids is 1. The Kier molecular flexibility index (Phi) is 4.93. The minimum absolute atomic E-state index is 0.126. The molecule has 2 heterocycles. The highest BCUT2D eigenvalue weighted by atomic mass is 79.9. The van der Waals surface area contributed by atoms with Gasteiger partial charge in [-0.2, -0.15) is 4.31 Å². The van der Waals surface area contributed by atoms with Gasteiger partial charge in [0, 0.05) is 34.4 Å². The highest BCUT2D eigenvalue weighted by Gasteiger charge is 2.28. The first-order valence-electron chi connectivity index (χ1n) is 5.43. The van der Waals surface area contributed by atoms with Crippen LogP contribution in [-0.4, -0.2) is 30.8 Å². The minimum Gasteiger partial charge on any atom is -0.475 e. The summed E-state index contributed by atoms with van der Waals surface area (Å²) in [6.45, 7) is 0.179. The van der Waals surface area contributed by atoms with Gasteiger partial charge in [-0.15, -0.1) is 11.3 Å². The first-order chi connectivity index (χ1) is 9.71. The normalized spacial score (nSPS) is 12.0. The number of rotatable bonds is 5. The van der Waals surface area contributed by atoms with Crippen LogP contribution in [0.4, 0.5) is 0 Å². The zero-order valence-corrected chi connectivity index (χ0v) is 15.3. The van der Waals surface area contributed by atoms with Crippen LogP contribution >= 0.6 is 43.2 Å². The lowest BCUT2D eigenvalue weighted by molar-refractivity contribution is 0.0661. The van der Waals surface area contributed by atoms with E-state index >= 15 is 0 Å². The van der Waals surface area contributed by atoms with Crippen LogP contribution in [0.5, 0.6) is 0 Å². The van der Waals surface area contributed by atoms with E-state index in [-0.39, 0.29) is 16.1 Å². The average Bonchev–Trinajstić information content (AvgIpc) is 2.96. The summed E-state index contributed by atoms with van der Waals surface area (Å²) in [6.07, 6.45) is 0. The molecule has 10 heteroatoms. The Morgan fingerprint density at radius 2 is 2.10 bits per heavy atom. The van der Waals surface area contributed by atoms with Crippen molar-refractivity contribution in [3.05, 3.63) is 37.3 Å². The Balaban J connectivity index is 2.30. The van der Waals surface area contributed by atoms with E-state index in [4.69, 9.17) is 9.52 Å². The molecule has 6 nitrogen and oxygen atoms in total. The lowest BCUT2D eigenvalue weighted by atomic mass is 10.5. The summed E-state index contributed by atoms with van der Waals surface area (Å²) in [5.41, 5.74) is 0. The van der Waals surface area contributed by atoms with Crippen LogP contribution in [0.2, 0.25) is 0 Å². The highest BCUT2D eigenvalue weighted by Crippen LogP contribution is 2.30. The molecular formula is C11H9Br2NO5S2. The van der Waals surface area contributed by atoms with Crippen molar-refractivity contribution in [2.75, 3.05) is 7.05 Å². The van der Waals surface area contributed by atoms with Gasteiger partial charge in [0.25, 0.3) is 0 Å². The van der Waals surface area contributed by atoms with Gasteiger partial charge in [0.15, 0.2) is 4.67 Å². The van der Waals surface area contributed by atoms with Crippen molar-refractivity contribution >= 4 is 59.2 Å². The lowest BCUT2D eigenvalue weighted by Crippen LogP contribution is -2.26. The van der Waals surface area contributed by atoms with Crippen LogP contribution in [0, 0.1) is 0 Å². The van der Waals surface area contributed by atoms with Crippen molar-refractivity contribution in [1.29, 1.82) is 0 Å². The summed E-state index contributed by atoms with van der Waals surface area (Å²) >= 11 is 7.66. The quantitative estimate of drug-likeness (QED) is 0.741. The fourth-order valence-electron chi connectivity index (χ4n) is 1.54. The number of halogens is 2. The monoisotopic (exact) mass is 457 g/mol. The highest BCUT2D eigenvalue weighted by molar-refractivity contribution is 9.10. The number of carboxylic acids is 1. The van der Waals surface area contributed by atoms with Gasteiger partial charge in [-0.05, 0) is 37.9 Å². The van der Waals surface area contributed by atoms with E-state index in [1.807, 2.05) is 11.4 Å². The average molecular weight is 459 g/mol. The molecule has 2 aromatic heterocycles. The molecule has 0 aliphatic heterocycles. The molecule has 0 unspecified atom stereocenters. The molecule has 0 aliphatic carbocycles. The van der Waals surface area contributed by atoms with Gasteiger partial charge >= 0.3 is 5.97 Å². The molecule has 0 aromatic carbocycles. The second-order valence-corrected chi connectivity index (χ2v) is 8.69. The molecule has 2 aromatic rings. The largest absolute Gasteiger partial charge is 0.475 e. The number of hydrogen-bond donors (Lipinski definition) is 1. The summed E-state index contributed by atoms with van der Waals surface area (Å²) in [5.74, 6) is -1.77. The molecule has 0 aliphatic rings. The van der Waals surface area contributed by atoms with E-state index in [0.29, 0.717) is 0 Å². The van der Waals surface area contributed by atoms with Gasteiger partial charge in [0.05, 0.1) is 0 Å². The number of furan rings is 1. The molecule has 1 N–H and O–H groups in total. The molecule has 0 spiro atoms. The molecule has 0 atom stereocenters. The fourth-order valence-corrected chi connectivity index (χ4v) is 5.18. The Morgan fingerprint density at radius 1 is 1.43 bits per heavy atom. The number of thiophene rings is 1. The predicted octanol–water partition coefficient (Wildman–Crippen LogP) is 3.39. The van der Waals surface area contributed by atoms with Crippen LogP contribution in [0.1, 0.15) is 15.4 Å². The summed E-state index contributed by atoms with van der Waals surface area (Å²) in [6, 6.07) is 2.81. The maximum absolute atomic E-state index is 12.4. The van der Waals surface area contributed by atoms with Gasteiger partial charge in [0.1, 0.15) is 4.90 Å². The van der Waals surface area contributed by atoms with E-state index in [1.54, 1.807) is 0 Å². The maximum Gasteiger partial charge on any atom is 0.371 e. The lowest BCUT2D eigenvalue weighted by Gasteiger charge is -2.15. The zero-order chi connectivity index (χ0) is 15.8. The molecule has 0 radical (unpaired) electrons. The minimum atomic E-state index is -3.85. The Morgan fingerprint density at radius 3 is 2.57 bits per heavy atom. The molecule has 0 saturated heterocycles. The van der Waals surface area contributed by atoms with Crippen molar-refractivity contribution in [2.45, 2.75) is 11.4 Å². The number of carboxylic acid groups (broad SMARTS) is 1. The predicted molar refractivity (Wildman–Crippen MR) is 84.0 cm³/mol. The Hall–Kier alpha value is -0.680. The first kappa shape index (κ1) is 16.7. The number of carbonyl (C=O) groups is 1. The van der Waals surface area contributed by atoms with E-state index in [2.05, 4.69) is 31.9 Å². The molecule has 114 valence electrons. The number of nitrogens with zero attached hydrogens (tertiary/aromatic N) is 1. The first-order valence-corrected chi connectivity index (χ1v) is 9.34. The fraction of sp³-hybridized carbons (Fsp3) is 0.182. The van der Waals surface area contributed by atoms with Crippen LogP contribution in [0.15, 0.2) is 36.0 Å². The standard InChI is InChI=1S/C11H9Br2NO5S2/c1-14(4-7-2-6(12)5-20-7)21(17,18)9-3-8(11(15)16)19-10(9)13/h2-3,5H,4H2,1H3,(H,15,16). The van der Waals surface area contributed by atoms with Crippen LogP contribution in [0.25, 0.3) is 0 Å². The van der Waals surface area contributed by atoms with Crippen LogP contribution in [0.3, 0.4) is 0 Å². The van der Waals surface area contributed by atoms with E-state index < -0.39 is 21.8 Å². The number of hydrogen-bond acceptors (Lipinski definition) is 5. The Bertz CT molecular complexity index is 780. The van der Waals surface area contributed by atoms with Crippen molar-refractivity contribution in [2.24, 2.45) is 0 Å². The molecule has 0 amide bonds. The van der Waals surface area contributed by atoms with Crippen molar-refractivity contribution < 1.29 is 22.7 Å². The van der Waals surface area contributed by atoms with Gasteiger partial charge in [-0.3, -0.25) is 0 Å². The third-order valence-electron chi connectivity index (χ3n) is 2.55. The van der Waals surface area contributed by atoms with E-state index in [1.165, 1.54) is 18.4 Å². The summed E-state index contributed by atoms with van der Waals surface area (Å²) in [5, 5.41) is 10.7. The molecule has 0 fully saturated rings.